The number of amides is 1. The lowest BCUT2D eigenvalue weighted by Gasteiger charge is -2.15. The highest BCUT2D eigenvalue weighted by molar-refractivity contribution is 5.94. The summed E-state index contributed by atoms with van der Waals surface area (Å²) in [5, 5.41) is 2.76. The Hall–Kier alpha value is -1.35. The number of carbonyl (C=O) groups excluding carboxylic acids is 1. The number of benzene rings is 1. The van der Waals surface area contributed by atoms with Gasteiger partial charge in [0.15, 0.2) is 0 Å². The van der Waals surface area contributed by atoms with Crippen LogP contribution in [0.25, 0.3) is 0 Å². The summed E-state index contributed by atoms with van der Waals surface area (Å²) in [5.74, 6) is 0.0184. The van der Waals surface area contributed by atoms with E-state index in [4.69, 9.17) is 5.73 Å². The van der Waals surface area contributed by atoms with Crippen molar-refractivity contribution in [1.82, 2.24) is 0 Å². The maximum absolute atomic E-state index is 11.5. The van der Waals surface area contributed by atoms with Gasteiger partial charge in [-0.2, -0.15) is 0 Å². The molecule has 0 saturated carbocycles. The molecular formula is C11H16N2O. The SMILES string of the molecule is CC(C)[C@H](N)C(=O)Nc1ccccc1. The van der Waals surface area contributed by atoms with E-state index in [1.807, 2.05) is 44.2 Å². The second kappa shape index (κ2) is 4.77. The van der Waals surface area contributed by atoms with Crippen LogP contribution >= 0.6 is 0 Å². The Kier molecular flexibility index (Phi) is 3.65. The van der Waals surface area contributed by atoms with Gasteiger partial charge in [0.25, 0.3) is 0 Å². The maximum atomic E-state index is 11.5. The molecule has 3 nitrogen and oxygen atoms in total. The first-order chi connectivity index (χ1) is 6.61. The van der Waals surface area contributed by atoms with Gasteiger partial charge in [0, 0.05) is 5.69 Å². The average Bonchev–Trinajstić information content (AvgIpc) is 2.18. The van der Waals surface area contributed by atoms with Gasteiger partial charge in [0.2, 0.25) is 5.91 Å². The number of rotatable bonds is 3. The maximum Gasteiger partial charge on any atom is 0.241 e. The quantitative estimate of drug-likeness (QED) is 0.764. The third-order valence-corrected chi connectivity index (χ3v) is 2.06. The van der Waals surface area contributed by atoms with E-state index >= 15 is 0 Å². The van der Waals surface area contributed by atoms with Gasteiger partial charge in [-0.1, -0.05) is 32.0 Å². The molecule has 0 fully saturated rings. The van der Waals surface area contributed by atoms with Crippen LogP contribution < -0.4 is 11.1 Å². The van der Waals surface area contributed by atoms with Crippen LogP contribution in [-0.2, 0) is 4.79 Å². The van der Waals surface area contributed by atoms with Crippen molar-refractivity contribution >= 4 is 11.6 Å². The molecular weight excluding hydrogens is 176 g/mol. The Morgan fingerprint density at radius 2 is 1.86 bits per heavy atom. The molecule has 1 aromatic rings. The standard InChI is InChI=1S/C11H16N2O/c1-8(2)10(12)11(14)13-9-6-4-3-5-7-9/h3-8,10H,12H2,1-2H3,(H,13,14)/t10-/m0/s1. The van der Waals surface area contributed by atoms with E-state index in [2.05, 4.69) is 5.32 Å². The number of nitrogens with one attached hydrogen (secondary N) is 1. The Morgan fingerprint density at radius 3 is 2.36 bits per heavy atom. The molecule has 3 N–H and O–H groups in total. The van der Waals surface area contributed by atoms with E-state index < -0.39 is 6.04 Å². The highest BCUT2D eigenvalue weighted by atomic mass is 16.2. The number of anilines is 1. The first kappa shape index (κ1) is 10.7. The van der Waals surface area contributed by atoms with E-state index in [1.165, 1.54) is 0 Å². The third-order valence-electron chi connectivity index (χ3n) is 2.06. The Bertz CT molecular complexity index is 295. The zero-order chi connectivity index (χ0) is 10.6. The molecule has 0 spiro atoms. The Balaban J connectivity index is 2.58. The minimum absolute atomic E-state index is 0.133. The van der Waals surface area contributed by atoms with Crippen molar-refractivity contribution in [3.63, 3.8) is 0 Å². The summed E-state index contributed by atoms with van der Waals surface area (Å²) < 4.78 is 0. The molecule has 1 aromatic carbocycles. The molecule has 0 aromatic heterocycles. The second-order valence-electron chi connectivity index (χ2n) is 3.63. The summed E-state index contributed by atoms with van der Waals surface area (Å²) in [7, 11) is 0. The lowest BCUT2D eigenvalue weighted by atomic mass is 10.1. The van der Waals surface area contributed by atoms with E-state index in [0.29, 0.717) is 0 Å². The van der Waals surface area contributed by atoms with E-state index in [9.17, 15) is 4.79 Å². The number of hydrogen-bond donors (Lipinski definition) is 2. The van der Waals surface area contributed by atoms with Gasteiger partial charge in [0.05, 0.1) is 6.04 Å². The lowest BCUT2D eigenvalue weighted by Crippen LogP contribution is -2.39. The van der Waals surface area contributed by atoms with Crippen LogP contribution in [0.4, 0.5) is 5.69 Å². The van der Waals surface area contributed by atoms with Crippen LogP contribution in [0.2, 0.25) is 0 Å². The van der Waals surface area contributed by atoms with Gasteiger partial charge in [0.1, 0.15) is 0 Å². The molecule has 1 atom stereocenters. The van der Waals surface area contributed by atoms with Crippen molar-refractivity contribution in [2.45, 2.75) is 19.9 Å². The van der Waals surface area contributed by atoms with Crippen molar-refractivity contribution in [1.29, 1.82) is 0 Å². The molecule has 0 aliphatic heterocycles. The molecule has 0 aliphatic carbocycles. The predicted octanol–water partition coefficient (Wildman–Crippen LogP) is 1.61. The van der Waals surface area contributed by atoms with Gasteiger partial charge in [-0.25, -0.2) is 0 Å². The average molecular weight is 192 g/mol. The molecule has 1 amide bonds. The second-order valence-corrected chi connectivity index (χ2v) is 3.63. The van der Waals surface area contributed by atoms with Gasteiger partial charge >= 0.3 is 0 Å². The normalized spacial score (nSPS) is 12.6. The van der Waals surface area contributed by atoms with E-state index in [0.717, 1.165) is 5.69 Å². The number of hydrogen-bond acceptors (Lipinski definition) is 2. The zero-order valence-corrected chi connectivity index (χ0v) is 8.53. The highest BCUT2D eigenvalue weighted by Gasteiger charge is 2.16. The van der Waals surface area contributed by atoms with Crippen molar-refractivity contribution in [2.75, 3.05) is 5.32 Å². The zero-order valence-electron chi connectivity index (χ0n) is 8.53. The molecule has 14 heavy (non-hydrogen) atoms. The number of para-hydroxylation sites is 1. The largest absolute Gasteiger partial charge is 0.325 e. The first-order valence-corrected chi connectivity index (χ1v) is 4.72. The van der Waals surface area contributed by atoms with Crippen LogP contribution in [0.5, 0.6) is 0 Å². The molecule has 0 radical (unpaired) electrons. The van der Waals surface area contributed by atoms with Crippen LogP contribution in [0, 0.1) is 5.92 Å². The Morgan fingerprint density at radius 1 is 1.29 bits per heavy atom. The molecule has 0 bridgehead atoms. The van der Waals surface area contributed by atoms with Crippen LogP contribution in [0.15, 0.2) is 30.3 Å². The van der Waals surface area contributed by atoms with Crippen molar-refractivity contribution in [3.8, 4) is 0 Å². The molecule has 0 heterocycles. The van der Waals surface area contributed by atoms with Gasteiger partial charge in [-0.3, -0.25) is 4.79 Å². The molecule has 76 valence electrons. The minimum Gasteiger partial charge on any atom is -0.325 e. The topological polar surface area (TPSA) is 55.1 Å². The molecule has 0 unspecified atom stereocenters. The highest BCUT2D eigenvalue weighted by Crippen LogP contribution is 2.07. The van der Waals surface area contributed by atoms with Gasteiger partial charge in [-0.05, 0) is 18.1 Å². The molecule has 1 rings (SSSR count). The summed E-state index contributed by atoms with van der Waals surface area (Å²) in [5.41, 5.74) is 6.48. The van der Waals surface area contributed by atoms with Gasteiger partial charge in [-0.15, -0.1) is 0 Å². The van der Waals surface area contributed by atoms with Gasteiger partial charge < -0.3 is 11.1 Å². The van der Waals surface area contributed by atoms with Crippen LogP contribution in [0.1, 0.15) is 13.8 Å². The molecule has 0 saturated heterocycles. The van der Waals surface area contributed by atoms with Crippen molar-refractivity contribution in [3.05, 3.63) is 30.3 Å². The third kappa shape index (κ3) is 2.85. The predicted molar refractivity (Wildman–Crippen MR) is 57.9 cm³/mol. The molecule has 3 heteroatoms. The summed E-state index contributed by atoms with van der Waals surface area (Å²) in [6, 6.07) is 8.87. The first-order valence-electron chi connectivity index (χ1n) is 4.72. The smallest absolute Gasteiger partial charge is 0.241 e. The fourth-order valence-corrected chi connectivity index (χ4v) is 1.05. The Labute approximate surface area is 84.3 Å². The minimum atomic E-state index is -0.449. The summed E-state index contributed by atoms with van der Waals surface area (Å²) in [6.45, 7) is 3.85. The summed E-state index contributed by atoms with van der Waals surface area (Å²) in [6.07, 6.45) is 0. The van der Waals surface area contributed by atoms with Crippen LogP contribution in [0.3, 0.4) is 0 Å². The monoisotopic (exact) mass is 192 g/mol. The fraction of sp³-hybridized carbons (Fsp3) is 0.364. The number of nitrogens with two attached hydrogens (primary N) is 1. The summed E-state index contributed by atoms with van der Waals surface area (Å²) in [4.78, 5) is 11.5. The van der Waals surface area contributed by atoms with Crippen LogP contribution in [-0.4, -0.2) is 11.9 Å². The molecule has 0 aliphatic rings. The number of carbonyl (C=O) groups is 1. The fourth-order valence-electron chi connectivity index (χ4n) is 1.05. The van der Waals surface area contributed by atoms with E-state index in [1.54, 1.807) is 0 Å². The van der Waals surface area contributed by atoms with E-state index in [-0.39, 0.29) is 11.8 Å². The summed E-state index contributed by atoms with van der Waals surface area (Å²) >= 11 is 0. The van der Waals surface area contributed by atoms with Crippen molar-refractivity contribution < 1.29 is 4.79 Å². The van der Waals surface area contributed by atoms with Crippen molar-refractivity contribution in [2.24, 2.45) is 11.7 Å². The lowest BCUT2D eigenvalue weighted by molar-refractivity contribution is -0.118.